The van der Waals surface area contributed by atoms with Crippen molar-refractivity contribution in [1.82, 2.24) is 0 Å². The molecule has 4 aliphatic rings. The summed E-state index contributed by atoms with van der Waals surface area (Å²) in [7, 11) is 0. The highest BCUT2D eigenvalue weighted by molar-refractivity contribution is 6.33. The Hall–Kier alpha value is -0.240. The van der Waals surface area contributed by atoms with Crippen molar-refractivity contribution in [2.24, 2.45) is 28.9 Å². The van der Waals surface area contributed by atoms with Crippen LogP contribution in [-0.2, 0) is 0 Å². The lowest BCUT2D eigenvalue weighted by Crippen LogP contribution is -2.47. The third kappa shape index (κ3) is 2.62. The molecule has 0 aromatic heterocycles. The molecule has 4 bridgehead atoms. The molecule has 21 heavy (non-hydrogen) atoms. The zero-order chi connectivity index (χ0) is 14.6. The van der Waals surface area contributed by atoms with Gasteiger partial charge in [-0.3, -0.25) is 0 Å². The third-order valence-corrected chi connectivity index (χ3v) is 6.75. The van der Waals surface area contributed by atoms with Crippen LogP contribution in [0.25, 0.3) is 0 Å². The molecule has 4 aliphatic carbocycles. The summed E-state index contributed by atoms with van der Waals surface area (Å²) in [5, 5.41) is 1.49. The van der Waals surface area contributed by atoms with E-state index in [1.54, 1.807) is 0 Å². The molecular weight excluding hydrogens is 301 g/mol. The maximum atomic E-state index is 6.54. The van der Waals surface area contributed by atoms with Gasteiger partial charge < -0.3 is 5.73 Å². The van der Waals surface area contributed by atoms with Crippen molar-refractivity contribution in [3.8, 4) is 0 Å². The lowest BCUT2D eigenvalue weighted by atomic mass is 9.48. The number of rotatable bonds is 3. The van der Waals surface area contributed by atoms with Crippen LogP contribution in [-0.4, -0.2) is 0 Å². The highest BCUT2D eigenvalue weighted by Gasteiger charge is 2.51. The van der Waals surface area contributed by atoms with Gasteiger partial charge in [0.2, 0.25) is 0 Å². The fourth-order valence-electron chi connectivity index (χ4n) is 5.92. The van der Waals surface area contributed by atoms with E-state index in [4.69, 9.17) is 28.9 Å². The Morgan fingerprint density at radius 2 is 1.62 bits per heavy atom. The minimum absolute atomic E-state index is 0.0208. The Morgan fingerprint density at radius 3 is 2.19 bits per heavy atom. The quantitative estimate of drug-likeness (QED) is 0.769. The van der Waals surface area contributed by atoms with E-state index in [2.05, 4.69) is 0 Å². The predicted octanol–water partition coefficient (Wildman–Crippen LogP) is 5.60. The van der Waals surface area contributed by atoms with Crippen molar-refractivity contribution in [3.63, 3.8) is 0 Å². The number of hydrogen-bond donors (Lipinski definition) is 1. The van der Waals surface area contributed by atoms with Gasteiger partial charge in [0.1, 0.15) is 0 Å². The Bertz CT molecular complexity index is 519. The van der Waals surface area contributed by atoms with E-state index in [0.717, 1.165) is 39.8 Å². The fraction of sp³-hybridized carbons (Fsp3) is 0.667. The predicted molar refractivity (Wildman–Crippen MR) is 88.6 cm³/mol. The largest absolute Gasteiger partial charge is 0.324 e. The summed E-state index contributed by atoms with van der Waals surface area (Å²) in [6, 6.07) is 5.69. The summed E-state index contributed by atoms with van der Waals surface area (Å²) in [5.41, 5.74) is 8.06. The zero-order valence-electron chi connectivity index (χ0n) is 12.3. The maximum Gasteiger partial charge on any atom is 0.0454 e. The van der Waals surface area contributed by atoms with Crippen molar-refractivity contribution < 1.29 is 0 Å². The van der Waals surface area contributed by atoms with Gasteiger partial charge in [-0.15, -0.1) is 0 Å². The first-order valence-electron chi connectivity index (χ1n) is 8.23. The molecule has 1 aromatic carbocycles. The molecule has 5 rings (SSSR count). The third-order valence-electron chi connectivity index (χ3n) is 6.18. The Balaban J connectivity index is 1.56. The van der Waals surface area contributed by atoms with Crippen LogP contribution < -0.4 is 5.73 Å². The van der Waals surface area contributed by atoms with Crippen molar-refractivity contribution in [2.75, 3.05) is 0 Å². The van der Waals surface area contributed by atoms with Crippen molar-refractivity contribution in [1.29, 1.82) is 0 Å². The van der Waals surface area contributed by atoms with Gasteiger partial charge in [-0.05, 0) is 91.9 Å². The summed E-state index contributed by atoms with van der Waals surface area (Å²) in [4.78, 5) is 0. The molecule has 1 nitrogen and oxygen atoms in total. The van der Waals surface area contributed by atoms with Gasteiger partial charge in [0.05, 0.1) is 0 Å². The first kappa shape index (κ1) is 14.4. The maximum absolute atomic E-state index is 6.54. The molecule has 0 heterocycles. The van der Waals surface area contributed by atoms with E-state index in [0.29, 0.717) is 5.41 Å². The molecule has 0 saturated heterocycles. The van der Waals surface area contributed by atoms with Crippen LogP contribution in [0, 0.1) is 23.2 Å². The molecule has 0 aliphatic heterocycles. The topological polar surface area (TPSA) is 26.0 Å². The van der Waals surface area contributed by atoms with Crippen molar-refractivity contribution >= 4 is 23.2 Å². The number of nitrogens with two attached hydrogens (primary N) is 1. The molecule has 4 fully saturated rings. The molecule has 114 valence electrons. The molecule has 0 amide bonds. The van der Waals surface area contributed by atoms with Crippen LogP contribution in [0.4, 0.5) is 0 Å². The summed E-state index contributed by atoms with van der Waals surface area (Å²) in [5.74, 6) is 2.91. The zero-order valence-corrected chi connectivity index (χ0v) is 13.8. The van der Waals surface area contributed by atoms with Crippen molar-refractivity contribution in [2.45, 2.75) is 51.0 Å². The summed E-state index contributed by atoms with van der Waals surface area (Å²) in [6.07, 6.45) is 9.70. The highest BCUT2D eigenvalue weighted by Crippen LogP contribution is 2.62. The standard InChI is InChI=1S/C18H23Cl2N/c19-14-1-2-16(20)15(6-14)17(21)10-18-7-11-3-12(8-18)5-13(4-11)9-18/h1-2,6,11-13,17H,3-5,7-10,21H2. The first-order chi connectivity index (χ1) is 10.0. The lowest BCUT2D eigenvalue weighted by molar-refractivity contribution is -0.0605. The fourth-order valence-corrected chi connectivity index (χ4v) is 6.35. The van der Waals surface area contributed by atoms with E-state index in [1.165, 1.54) is 38.5 Å². The molecular formula is C18H23Cl2N. The second kappa shape index (κ2) is 5.15. The van der Waals surface area contributed by atoms with Gasteiger partial charge in [-0.25, -0.2) is 0 Å². The van der Waals surface area contributed by atoms with Crippen LogP contribution in [0.15, 0.2) is 18.2 Å². The second-order valence-electron chi connectivity index (χ2n) is 7.89. The van der Waals surface area contributed by atoms with Crippen molar-refractivity contribution in [3.05, 3.63) is 33.8 Å². The number of benzene rings is 1. The monoisotopic (exact) mass is 323 g/mol. The van der Waals surface area contributed by atoms with E-state index < -0.39 is 0 Å². The van der Waals surface area contributed by atoms with Gasteiger partial charge in [-0.2, -0.15) is 0 Å². The van der Waals surface area contributed by atoms with E-state index in [-0.39, 0.29) is 6.04 Å². The SMILES string of the molecule is NC(CC12CC3CC(CC(C3)C1)C2)c1cc(Cl)ccc1Cl. The Morgan fingerprint density at radius 1 is 1.05 bits per heavy atom. The minimum Gasteiger partial charge on any atom is -0.324 e. The van der Waals surface area contributed by atoms with Crippen LogP contribution in [0.2, 0.25) is 10.0 Å². The van der Waals surface area contributed by atoms with Gasteiger partial charge in [0.25, 0.3) is 0 Å². The molecule has 0 radical (unpaired) electrons. The molecule has 1 aromatic rings. The minimum atomic E-state index is 0.0208. The van der Waals surface area contributed by atoms with E-state index >= 15 is 0 Å². The van der Waals surface area contributed by atoms with Crippen LogP contribution in [0.5, 0.6) is 0 Å². The molecule has 1 atom stereocenters. The summed E-state index contributed by atoms with van der Waals surface area (Å²) in [6.45, 7) is 0. The Labute approximate surface area is 137 Å². The first-order valence-corrected chi connectivity index (χ1v) is 8.99. The molecule has 2 N–H and O–H groups in total. The van der Waals surface area contributed by atoms with Crippen LogP contribution >= 0.6 is 23.2 Å². The lowest BCUT2D eigenvalue weighted by Gasteiger charge is -2.57. The van der Waals surface area contributed by atoms with Gasteiger partial charge in [0, 0.05) is 16.1 Å². The molecule has 0 spiro atoms. The van der Waals surface area contributed by atoms with Crippen LogP contribution in [0.1, 0.15) is 56.6 Å². The second-order valence-corrected chi connectivity index (χ2v) is 8.74. The van der Waals surface area contributed by atoms with E-state index in [1.807, 2.05) is 18.2 Å². The van der Waals surface area contributed by atoms with Gasteiger partial charge >= 0.3 is 0 Å². The normalized spacial score (nSPS) is 38.7. The van der Waals surface area contributed by atoms with Gasteiger partial charge in [-0.1, -0.05) is 23.2 Å². The average molecular weight is 324 g/mol. The number of hydrogen-bond acceptors (Lipinski definition) is 1. The Kier molecular flexibility index (Phi) is 3.52. The molecule has 1 unspecified atom stereocenters. The molecule has 4 saturated carbocycles. The smallest absolute Gasteiger partial charge is 0.0454 e. The summed E-state index contributed by atoms with van der Waals surface area (Å²) >= 11 is 12.5. The number of halogens is 2. The van der Waals surface area contributed by atoms with E-state index in [9.17, 15) is 0 Å². The summed E-state index contributed by atoms with van der Waals surface area (Å²) < 4.78 is 0. The van der Waals surface area contributed by atoms with Crippen LogP contribution in [0.3, 0.4) is 0 Å². The molecule has 3 heteroatoms. The average Bonchev–Trinajstić information content (AvgIpc) is 2.39. The highest BCUT2D eigenvalue weighted by atomic mass is 35.5. The van der Waals surface area contributed by atoms with Gasteiger partial charge in [0.15, 0.2) is 0 Å².